The first-order valence-electron chi connectivity index (χ1n) is 6.60. The number of nitrogens with zero attached hydrogens (tertiary/aromatic N) is 4. The number of rotatable bonds is 4. The Hall–Kier alpha value is -2.76. The van der Waals surface area contributed by atoms with Crippen molar-refractivity contribution in [1.29, 1.82) is 0 Å². The summed E-state index contributed by atoms with van der Waals surface area (Å²) in [5.41, 5.74) is 1.83. The molecule has 0 aliphatic rings. The lowest BCUT2D eigenvalue weighted by Crippen LogP contribution is -2.11. The number of hydrogen-bond acceptors (Lipinski definition) is 4. The fraction of sp³-hybridized carbons (Fsp3) is 0.133. The third-order valence-electron chi connectivity index (χ3n) is 3.19. The highest BCUT2D eigenvalue weighted by molar-refractivity contribution is 5.40. The summed E-state index contributed by atoms with van der Waals surface area (Å²) in [4.78, 5) is 0. The van der Waals surface area contributed by atoms with Gasteiger partial charge in [-0.05, 0) is 47.2 Å². The Morgan fingerprint density at radius 3 is 2.48 bits per heavy atom. The number of nitrogens with one attached hydrogen (secondary N) is 1. The van der Waals surface area contributed by atoms with Crippen LogP contribution < -0.4 is 5.32 Å². The number of anilines is 1. The van der Waals surface area contributed by atoms with Crippen LogP contribution >= 0.6 is 0 Å². The number of hydrogen-bond donors (Lipinski definition) is 1. The van der Waals surface area contributed by atoms with Gasteiger partial charge in [-0.2, -0.15) is 4.68 Å². The van der Waals surface area contributed by atoms with Gasteiger partial charge in [0, 0.05) is 0 Å². The van der Waals surface area contributed by atoms with Gasteiger partial charge in [0.25, 0.3) is 0 Å². The number of para-hydroxylation sites is 1. The lowest BCUT2D eigenvalue weighted by molar-refractivity contribution is 0.626. The van der Waals surface area contributed by atoms with E-state index in [4.69, 9.17) is 0 Å². The number of benzene rings is 2. The molecule has 0 radical (unpaired) electrons. The topological polar surface area (TPSA) is 55.6 Å². The lowest BCUT2D eigenvalue weighted by Gasteiger charge is -2.14. The SMILES string of the molecule is C[C@H](Nc1nnnn1-c1ccccc1)c1ccc(F)cc1. The first kappa shape index (κ1) is 13.2. The van der Waals surface area contributed by atoms with Gasteiger partial charge in [-0.1, -0.05) is 35.4 Å². The normalized spacial score (nSPS) is 12.1. The summed E-state index contributed by atoms with van der Waals surface area (Å²) in [7, 11) is 0. The Labute approximate surface area is 121 Å². The van der Waals surface area contributed by atoms with Gasteiger partial charge in [0.05, 0.1) is 11.7 Å². The smallest absolute Gasteiger partial charge is 0.248 e. The van der Waals surface area contributed by atoms with Crippen LogP contribution in [0.25, 0.3) is 5.69 Å². The van der Waals surface area contributed by atoms with Crippen LogP contribution in [0.3, 0.4) is 0 Å². The summed E-state index contributed by atoms with van der Waals surface area (Å²) in [5, 5.41) is 14.9. The van der Waals surface area contributed by atoms with E-state index in [1.54, 1.807) is 16.8 Å². The predicted octanol–water partition coefficient (Wildman–Crippen LogP) is 2.97. The number of tetrazole rings is 1. The molecule has 0 saturated heterocycles. The fourth-order valence-corrected chi connectivity index (χ4v) is 2.05. The molecule has 1 N–H and O–H groups in total. The van der Waals surface area contributed by atoms with E-state index >= 15 is 0 Å². The average Bonchev–Trinajstić information content (AvgIpc) is 2.97. The first-order valence-corrected chi connectivity index (χ1v) is 6.60. The minimum absolute atomic E-state index is 0.0425. The highest BCUT2D eigenvalue weighted by atomic mass is 19.1. The minimum atomic E-state index is -0.250. The standard InChI is InChI=1S/C15H14FN5/c1-11(12-7-9-13(16)10-8-12)17-15-18-19-20-21(15)14-5-3-2-4-6-14/h2-11H,1H3,(H,17,18,20)/t11-/m0/s1. The quantitative estimate of drug-likeness (QED) is 0.799. The van der Waals surface area contributed by atoms with Crippen LogP contribution in [0.5, 0.6) is 0 Å². The Bertz CT molecular complexity index is 708. The maximum Gasteiger partial charge on any atom is 0.248 e. The minimum Gasteiger partial charge on any atom is -0.346 e. The summed E-state index contributed by atoms with van der Waals surface area (Å²) >= 11 is 0. The third-order valence-corrected chi connectivity index (χ3v) is 3.19. The molecule has 0 aliphatic heterocycles. The van der Waals surface area contributed by atoms with Crippen molar-refractivity contribution in [2.45, 2.75) is 13.0 Å². The van der Waals surface area contributed by atoms with Crippen LogP contribution in [0.1, 0.15) is 18.5 Å². The maximum atomic E-state index is 13.0. The first-order chi connectivity index (χ1) is 10.2. The van der Waals surface area contributed by atoms with E-state index in [9.17, 15) is 4.39 Å². The van der Waals surface area contributed by atoms with Gasteiger partial charge in [0.2, 0.25) is 5.95 Å². The molecule has 6 heteroatoms. The van der Waals surface area contributed by atoms with E-state index in [0.717, 1.165) is 11.3 Å². The largest absolute Gasteiger partial charge is 0.346 e. The van der Waals surface area contributed by atoms with Gasteiger partial charge >= 0.3 is 0 Å². The van der Waals surface area contributed by atoms with Crippen molar-refractivity contribution in [2.24, 2.45) is 0 Å². The van der Waals surface area contributed by atoms with Crippen molar-refractivity contribution in [3.05, 3.63) is 66.0 Å². The summed E-state index contributed by atoms with van der Waals surface area (Å²) < 4.78 is 14.6. The summed E-state index contributed by atoms with van der Waals surface area (Å²) in [6, 6.07) is 15.9. The van der Waals surface area contributed by atoms with E-state index in [2.05, 4.69) is 20.8 Å². The molecule has 0 saturated carbocycles. The van der Waals surface area contributed by atoms with Gasteiger partial charge < -0.3 is 5.32 Å². The Balaban J connectivity index is 1.83. The molecule has 1 atom stereocenters. The average molecular weight is 283 g/mol. The van der Waals surface area contributed by atoms with Crippen molar-refractivity contribution in [3.8, 4) is 5.69 Å². The predicted molar refractivity (Wildman–Crippen MR) is 77.6 cm³/mol. The second kappa shape index (κ2) is 5.70. The van der Waals surface area contributed by atoms with Crippen LogP contribution in [0.15, 0.2) is 54.6 Å². The summed E-state index contributed by atoms with van der Waals surface area (Å²) in [6.07, 6.45) is 0. The summed E-state index contributed by atoms with van der Waals surface area (Å²) in [5.74, 6) is 0.290. The zero-order chi connectivity index (χ0) is 14.7. The second-order valence-electron chi connectivity index (χ2n) is 4.67. The molecular weight excluding hydrogens is 269 g/mol. The van der Waals surface area contributed by atoms with Crippen LogP contribution in [-0.4, -0.2) is 20.2 Å². The zero-order valence-corrected chi connectivity index (χ0v) is 11.4. The number of halogens is 1. The van der Waals surface area contributed by atoms with Gasteiger partial charge in [0.1, 0.15) is 5.82 Å². The van der Waals surface area contributed by atoms with E-state index in [-0.39, 0.29) is 11.9 Å². The maximum absolute atomic E-state index is 13.0. The number of aromatic nitrogens is 4. The van der Waals surface area contributed by atoms with Gasteiger partial charge in [0.15, 0.2) is 0 Å². The zero-order valence-electron chi connectivity index (χ0n) is 11.4. The van der Waals surface area contributed by atoms with Crippen molar-refractivity contribution in [1.82, 2.24) is 20.2 Å². The molecule has 0 aliphatic carbocycles. The van der Waals surface area contributed by atoms with E-state index < -0.39 is 0 Å². The van der Waals surface area contributed by atoms with Gasteiger partial charge in [-0.25, -0.2) is 4.39 Å². The highest BCUT2D eigenvalue weighted by Gasteiger charge is 2.12. The van der Waals surface area contributed by atoms with Crippen molar-refractivity contribution in [2.75, 3.05) is 5.32 Å². The molecule has 5 nitrogen and oxygen atoms in total. The van der Waals surface area contributed by atoms with Crippen LogP contribution in [0.4, 0.5) is 10.3 Å². The third kappa shape index (κ3) is 2.89. The van der Waals surface area contributed by atoms with E-state index in [0.29, 0.717) is 5.95 Å². The van der Waals surface area contributed by atoms with E-state index in [1.165, 1.54) is 12.1 Å². The molecule has 0 amide bonds. The molecule has 1 aromatic heterocycles. The highest BCUT2D eigenvalue weighted by Crippen LogP contribution is 2.19. The molecular formula is C15H14FN5. The molecule has 3 rings (SSSR count). The van der Waals surface area contributed by atoms with Crippen LogP contribution in [-0.2, 0) is 0 Å². The molecule has 21 heavy (non-hydrogen) atoms. The Morgan fingerprint density at radius 1 is 1.05 bits per heavy atom. The molecule has 106 valence electrons. The summed E-state index contributed by atoms with van der Waals surface area (Å²) in [6.45, 7) is 1.97. The Kier molecular flexibility index (Phi) is 3.59. The monoisotopic (exact) mass is 283 g/mol. The molecule has 0 bridgehead atoms. The van der Waals surface area contributed by atoms with E-state index in [1.807, 2.05) is 37.3 Å². The van der Waals surface area contributed by atoms with Gasteiger partial charge in [-0.3, -0.25) is 0 Å². The molecule has 0 spiro atoms. The molecule has 2 aromatic carbocycles. The van der Waals surface area contributed by atoms with Crippen molar-refractivity contribution >= 4 is 5.95 Å². The molecule has 0 fully saturated rings. The fourth-order valence-electron chi connectivity index (χ4n) is 2.05. The van der Waals surface area contributed by atoms with Crippen molar-refractivity contribution in [3.63, 3.8) is 0 Å². The van der Waals surface area contributed by atoms with Crippen LogP contribution in [0, 0.1) is 5.82 Å². The molecule has 1 heterocycles. The molecule has 3 aromatic rings. The second-order valence-corrected chi connectivity index (χ2v) is 4.67. The molecule has 0 unspecified atom stereocenters. The van der Waals surface area contributed by atoms with Crippen LogP contribution in [0.2, 0.25) is 0 Å². The van der Waals surface area contributed by atoms with Gasteiger partial charge in [-0.15, -0.1) is 0 Å². The van der Waals surface area contributed by atoms with Crippen molar-refractivity contribution < 1.29 is 4.39 Å². The lowest BCUT2D eigenvalue weighted by atomic mass is 10.1. The Morgan fingerprint density at radius 2 is 1.76 bits per heavy atom.